The molecular weight excluding hydrogens is 241 g/mol. The molecule has 0 radical (unpaired) electrons. The Hall–Kier alpha value is -0.640. The molecule has 0 aliphatic heterocycles. The van der Waals surface area contributed by atoms with Gasteiger partial charge in [-0.3, -0.25) is 0 Å². The summed E-state index contributed by atoms with van der Waals surface area (Å²) in [5.74, 6) is -0.220. The lowest BCUT2D eigenvalue weighted by Crippen LogP contribution is -2.20. The minimum absolute atomic E-state index is 0.220. The lowest BCUT2D eigenvalue weighted by atomic mass is 10.1. The fourth-order valence-corrected chi connectivity index (χ4v) is 1.81. The smallest absolute Gasteiger partial charge is 0.123 e. The third-order valence-corrected chi connectivity index (χ3v) is 2.91. The quantitative estimate of drug-likeness (QED) is 0.725. The van der Waals surface area contributed by atoms with E-state index in [-0.39, 0.29) is 5.82 Å². The largest absolute Gasteiger partial charge is 0.383 e. The molecule has 0 aromatic heterocycles. The van der Waals surface area contributed by atoms with Crippen molar-refractivity contribution >= 4 is 11.6 Å². The van der Waals surface area contributed by atoms with E-state index in [0.717, 1.165) is 44.5 Å². The molecule has 0 bridgehead atoms. The van der Waals surface area contributed by atoms with Crippen LogP contribution in [0.15, 0.2) is 18.2 Å². The van der Waals surface area contributed by atoms with E-state index in [1.54, 1.807) is 13.2 Å². The molecule has 0 unspecified atom stereocenters. The fourth-order valence-electron chi connectivity index (χ4n) is 1.60. The van der Waals surface area contributed by atoms with Crippen molar-refractivity contribution in [2.24, 2.45) is 0 Å². The number of hydrogen-bond acceptors (Lipinski definition) is 2. The van der Waals surface area contributed by atoms with E-state index in [9.17, 15) is 4.39 Å². The van der Waals surface area contributed by atoms with Crippen molar-refractivity contribution in [3.63, 3.8) is 0 Å². The van der Waals surface area contributed by atoms with Crippen LogP contribution in [-0.4, -0.2) is 26.8 Å². The number of rotatable bonds is 8. The van der Waals surface area contributed by atoms with E-state index >= 15 is 0 Å². The van der Waals surface area contributed by atoms with Gasteiger partial charge in [0.25, 0.3) is 0 Å². The predicted molar refractivity (Wildman–Crippen MR) is 69.1 cm³/mol. The molecule has 0 aliphatic carbocycles. The van der Waals surface area contributed by atoms with Crippen LogP contribution in [0.3, 0.4) is 0 Å². The van der Waals surface area contributed by atoms with Crippen LogP contribution < -0.4 is 5.32 Å². The van der Waals surface area contributed by atoms with Crippen LogP contribution in [0.1, 0.15) is 18.4 Å². The van der Waals surface area contributed by atoms with Crippen molar-refractivity contribution in [3.8, 4) is 0 Å². The van der Waals surface area contributed by atoms with E-state index in [1.165, 1.54) is 12.1 Å². The summed E-state index contributed by atoms with van der Waals surface area (Å²) in [4.78, 5) is 0. The monoisotopic (exact) mass is 259 g/mol. The molecule has 96 valence electrons. The summed E-state index contributed by atoms with van der Waals surface area (Å²) in [7, 11) is 1.69. The average Bonchev–Trinajstić information content (AvgIpc) is 2.32. The predicted octanol–water partition coefficient (Wildman–Crippen LogP) is 3.04. The molecule has 0 atom stereocenters. The number of aryl methyl sites for hydroxylation is 1. The molecular formula is C13H19ClFNO. The van der Waals surface area contributed by atoms with Crippen LogP contribution in [0, 0.1) is 5.82 Å². The lowest BCUT2D eigenvalue weighted by Gasteiger charge is -2.06. The third kappa shape index (κ3) is 6.01. The van der Waals surface area contributed by atoms with Crippen molar-refractivity contribution in [1.82, 2.24) is 5.32 Å². The van der Waals surface area contributed by atoms with Crippen LogP contribution in [0.5, 0.6) is 0 Å². The van der Waals surface area contributed by atoms with Crippen LogP contribution in [0.4, 0.5) is 4.39 Å². The first-order chi connectivity index (χ1) is 8.24. The Kier molecular flexibility index (Phi) is 7.17. The molecule has 2 nitrogen and oxygen atoms in total. The summed E-state index contributed by atoms with van der Waals surface area (Å²) in [5.41, 5.74) is 0.892. The van der Waals surface area contributed by atoms with Gasteiger partial charge in [0, 0.05) is 18.7 Å². The van der Waals surface area contributed by atoms with Gasteiger partial charge in [0.1, 0.15) is 5.82 Å². The molecule has 0 heterocycles. The molecule has 0 aliphatic rings. The maximum Gasteiger partial charge on any atom is 0.123 e. The van der Waals surface area contributed by atoms with Gasteiger partial charge >= 0.3 is 0 Å². The zero-order chi connectivity index (χ0) is 12.5. The molecule has 4 heteroatoms. The maximum absolute atomic E-state index is 13.0. The lowest BCUT2D eigenvalue weighted by molar-refractivity contribution is 0.199. The Morgan fingerprint density at radius 2 is 2.12 bits per heavy atom. The summed E-state index contributed by atoms with van der Waals surface area (Å²) in [6.45, 7) is 2.56. The van der Waals surface area contributed by atoms with Crippen molar-refractivity contribution in [2.75, 3.05) is 26.8 Å². The Balaban J connectivity index is 2.15. The van der Waals surface area contributed by atoms with Gasteiger partial charge in [-0.15, -0.1) is 0 Å². The number of benzene rings is 1. The van der Waals surface area contributed by atoms with Gasteiger partial charge in [-0.25, -0.2) is 4.39 Å². The zero-order valence-electron chi connectivity index (χ0n) is 10.1. The highest BCUT2D eigenvalue weighted by molar-refractivity contribution is 6.31. The summed E-state index contributed by atoms with van der Waals surface area (Å²) < 4.78 is 17.9. The first kappa shape index (κ1) is 14.4. The number of halogens is 2. The van der Waals surface area contributed by atoms with Crippen molar-refractivity contribution < 1.29 is 9.13 Å². The van der Waals surface area contributed by atoms with Gasteiger partial charge in [-0.1, -0.05) is 11.6 Å². The van der Waals surface area contributed by atoms with E-state index in [2.05, 4.69) is 5.32 Å². The van der Waals surface area contributed by atoms with E-state index in [1.807, 2.05) is 0 Å². The first-order valence-corrected chi connectivity index (χ1v) is 6.25. The van der Waals surface area contributed by atoms with Crippen molar-refractivity contribution in [2.45, 2.75) is 19.3 Å². The van der Waals surface area contributed by atoms with Gasteiger partial charge in [-0.05, 0) is 49.6 Å². The van der Waals surface area contributed by atoms with E-state index in [4.69, 9.17) is 16.3 Å². The molecule has 1 N–H and O–H groups in total. The third-order valence-electron chi connectivity index (χ3n) is 2.54. The first-order valence-electron chi connectivity index (χ1n) is 5.87. The van der Waals surface area contributed by atoms with Crippen LogP contribution in [-0.2, 0) is 11.2 Å². The topological polar surface area (TPSA) is 21.3 Å². The summed E-state index contributed by atoms with van der Waals surface area (Å²) in [6, 6.07) is 4.52. The highest BCUT2D eigenvalue weighted by Crippen LogP contribution is 2.18. The molecule has 0 fully saturated rings. The number of nitrogens with one attached hydrogen (secondary N) is 1. The highest BCUT2D eigenvalue weighted by Gasteiger charge is 2.01. The standard InChI is InChI=1S/C13H19ClFNO/c1-17-9-8-16-7-3-2-4-11-10-12(15)5-6-13(11)14/h5-6,10,16H,2-4,7-9H2,1H3. The molecule has 17 heavy (non-hydrogen) atoms. The Bertz CT molecular complexity index is 333. The number of methoxy groups -OCH3 is 1. The summed E-state index contributed by atoms with van der Waals surface area (Å²) in [5, 5.41) is 3.92. The van der Waals surface area contributed by atoms with Gasteiger partial charge in [0.2, 0.25) is 0 Å². The van der Waals surface area contributed by atoms with E-state index < -0.39 is 0 Å². The minimum Gasteiger partial charge on any atom is -0.383 e. The Morgan fingerprint density at radius 3 is 2.88 bits per heavy atom. The molecule has 0 amide bonds. The normalized spacial score (nSPS) is 10.8. The number of hydrogen-bond donors (Lipinski definition) is 1. The number of unbranched alkanes of at least 4 members (excludes halogenated alkanes) is 1. The van der Waals surface area contributed by atoms with Crippen molar-refractivity contribution in [1.29, 1.82) is 0 Å². The second-order valence-corrected chi connectivity index (χ2v) is 4.34. The van der Waals surface area contributed by atoms with Crippen LogP contribution in [0.25, 0.3) is 0 Å². The summed E-state index contributed by atoms with van der Waals surface area (Å²) in [6.07, 6.45) is 2.88. The van der Waals surface area contributed by atoms with Gasteiger partial charge in [0.15, 0.2) is 0 Å². The molecule has 1 rings (SSSR count). The maximum atomic E-state index is 13.0. The molecule has 0 spiro atoms. The number of ether oxygens (including phenoxy) is 1. The summed E-state index contributed by atoms with van der Waals surface area (Å²) >= 11 is 5.98. The van der Waals surface area contributed by atoms with Crippen LogP contribution >= 0.6 is 11.6 Å². The molecule has 1 aromatic rings. The molecule has 0 saturated heterocycles. The molecule has 0 saturated carbocycles. The Labute approximate surface area is 107 Å². The molecule has 1 aromatic carbocycles. The second kappa shape index (κ2) is 8.45. The van der Waals surface area contributed by atoms with E-state index in [0.29, 0.717) is 5.02 Å². The zero-order valence-corrected chi connectivity index (χ0v) is 10.9. The van der Waals surface area contributed by atoms with Crippen molar-refractivity contribution in [3.05, 3.63) is 34.6 Å². The van der Waals surface area contributed by atoms with Gasteiger partial charge in [0.05, 0.1) is 6.61 Å². The fraction of sp³-hybridized carbons (Fsp3) is 0.538. The Morgan fingerprint density at radius 1 is 1.29 bits per heavy atom. The second-order valence-electron chi connectivity index (χ2n) is 3.94. The highest BCUT2D eigenvalue weighted by atomic mass is 35.5. The SMILES string of the molecule is COCCNCCCCc1cc(F)ccc1Cl. The average molecular weight is 260 g/mol. The minimum atomic E-state index is -0.220. The van der Waals surface area contributed by atoms with Gasteiger partial charge < -0.3 is 10.1 Å². The van der Waals surface area contributed by atoms with Crippen LogP contribution in [0.2, 0.25) is 5.02 Å². The van der Waals surface area contributed by atoms with Gasteiger partial charge in [-0.2, -0.15) is 0 Å².